The van der Waals surface area contributed by atoms with E-state index in [1.807, 2.05) is 6.08 Å². The van der Waals surface area contributed by atoms with Crippen molar-refractivity contribution in [3.8, 4) is 0 Å². The van der Waals surface area contributed by atoms with Gasteiger partial charge in [-0.25, -0.2) is 0 Å². The molecule has 15 heavy (non-hydrogen) atoms. The van der Waals surface area contributed by atoms with Crippen LogP contribution in [0.5, 0.6) is 0 Å². The van der Waals surface area contributed by atoms with Crippen molar-refractivity contribution in [1.82, 2.24) is 0 Å². The fourth-order valence-corrected chi connectivity index (χ4v) is 1.82. The van der Waals surface area contributed by atoms with Gasteiger partial charge < -0.3 is 4.74 Å². The molecule has 0 heterocycles. The molecular formula is C12H18O3. The van der Waals surface area contributed by atoms with Crippen LogP contribution in [0.2, 0.25) is 0 Å². The predicted molar refractivity (Wildman–Crippen MR) is 57.4 cm³/mol. The van der Waals surface area contributed by atoms with Crippen LogP contribution in [0.25, 0.3) is 0 Å². The number of hydrogen-bond acceptors (Lipinski definition) is 3. The Morgan fingerprint density at radius 1 is 1.53 bits per heavy atom. The smallest absolute Gasteiger partial charge is 0.302 e. The lowest BCUT2D eigenvalue weighted by Gasteiger charge is -2.10. The van der Waals surface area contributed by atoms with Gasteiger partial charge in [0.25, 0.3) is 0 Å². The van der Waals surface area contributed by atoms with Crippen LogP contribution in [-0.4, -0.2) is 18.4 Å². The molecule has 0 saturated heterocycles. The van der Waals surface area contributed by atoms with Crippen LogP contribution >= 0.6 is 0 Å². The zero-order chi connectivity index (χ0) is 11.5. The van der Waals surface area contributed by atoms with Gasteiger partial charge in [-0.05, 0) is 23.8 Å². The summed E-state index contributed by atoms with van der Waals surface area (Å²) in [6, 6.07) is 0. The van der Waals surface area contributed by atoms with E-state index in [0.29, 0.717) is 13.0 Å². The van der Waals surface area contributed by atoms with E-state index in [-0.39, 0.29) is 17.2 Å². The number of esters is 1. The Labute approximate surface area is 90.5 Å². The van der Waals surface area contributed by atoms with Gasteiger partial charge in [0, 0.05) is 13.3 Å². The highest BCUT2D eigenvalue weighted by Gasteiger charge is 2.29. The summed E-state index contributed by atoms with van der Waals surface area (Å²) in [6.07, 6.45) is 4.10. The van der Waals surface area contributed by atoms with Crippen molar-refractivity contribution in [3.05, 3.63) is 11.6 Å². The number of allylic oxidation sites excluding steroid dienone is 2. The first kappa shape index (κ1) is 12.0. The van der Waals surface area contributed by atoms with Gasteiger partial charge in [-0.1, -0.05) is 19.9 Å². The molecule has 0 aromatic carbocycles. The summed E-state index contributed by atoms with van der Waals surface area (Å²) in [4.78, 5) is 22.0. The molecule has 3 heteroatoms. The van der Waals surface area contributed by atoms with E-state index in [4.69, 9.17) is 4.74 Å². The van der Waals surface area contributed by atoms with Crippen molar-refractivity contribution in [3.63, 3.8) is 0 Å². The lowest BCUT2D eigenvalue weighted by Crippen LogP contribution is -2.05. The van der Waals surface area contributed by atoms with Gasteiger partial charge in [0.2, 0.25) is 0 Å². The molecule has 0 amide bonds. The molecule has 0 aromatic rings. The molecule has 0 saturated carbocycles. The molecule has 0 atom stereocenters. The standard InChI is InChI=1S/C12H18O3/c1-9(13)15-6-4-5-10-7-12(2,3)8-11(10)14/h7H,4-6,8H2,1-3H3. The van der Waals surface area contributed by atoms with Crippen LogP contribution in [0.15, 0.2) is 11.6 Å². The van der Waals surface area contributed by atoms with Gasteiger partial charge in [0.05, 0.1) is 6.61 Å². The van der Waals surface area contributed by atoms with E-state index in [1.165, 1.54) is 6.92 Å². The van der Waals surface area contributed by atoms with Crippen molar-refractivity contribution in [2.24, 2.45) is 5.41 Å². The molecule has 3 nitrogen and oxygen atoms in total. The van der Waals surface area contributed by atoms with Crippen LogP contribution in [0.3, 0.4) is 0 Å². The first-order valence-electron chi connectivity index (χ1n) is 5.29. The van der Waals surface area contributed by atoms with E-state index in [9.17, 15) is 9.59 Å². The largest absolute Gasteiger partial charge is 0.466 e. The molecule has 1 aliphatic carbocycles. The topological polar surface area (TPSA) is 43.4 Å². The maximum absolute atomic E-state index is 11.5. The third kappa shape index (κ3) is 3.86. The van der Waals surface area contributed by atoms with E-state index in [2.05, 4.69) is 13.8 Å². The number of hydrogen-bond donors (Lipinski definition) is 0. The Balaban J connectivity index is 2.33. The Morgan fingerprint density at radius 2 is 2.20 bits per heavy atom. The monoisotopic (exact) mass is 210 g/mol. The van der Waals surface area contributed by atoms with Crippen LogP contribution in [0, 0.1) is 5.41 Å². The molecular weight excluding hydrogens is 192 g/mol. The minimum atomic E-state index is -0.262. The number of Topliss-reactive ketones (excluding diaryl/α,β-unsaturated/α-hetero) is 1. The Morgan fingerprint density at radius 3 is 2.67 bits per heavy atom. The van der Waals surface area contributed by atoms with Crippen molar-refractivity contribution in [2.75, 3.05) is 6.61 Å². The summed E-state index contributed by atoms with van der Waals surface area (Å²) >= 11 is 0. The molecule has 0 bridgehead atoms. The third-order valence-corrected chi connectivity index (χ3v) is 2.44. The Kier molecular flexibility index (Phi) is 3.66. The zero-order valence-corrected chi connectivity index (χ0v) is 9.63. The summed E-state index contributed by atoms with van der Waals surface area (Å²) in [5, 5.41) is 0. The number of carbonyl (C=O) groups is 2. The summed E-state index contributed by atoms with van der Waals surface area (Å²) in [6.45, 7) is 5.91. The Hall–Kier alpha value is -1.12. The summed E-state index contributed by atoms with van der Waals surface area (Å²) in [5.74, 6) is -0.0233. The average molecular weight is 210 g/mol. The fraction of sp³-hybridized carbons (Fsp3) is 0.667. The first-order valence-corrected chi connectivity index (χ1v) is 5.29. The SMILES string of the molecule is CC(=O)OCCCC1=CC(C)(C)CC1=O. The van der Waals surface area contributed by atoms with Crippen LogP contribution in [0.1, 0.15) is 40.0 Å². The maximum atomic E-state index is 11.5. The lowest BCUT2D eigenvalue weighted by molar-refractivity contribution is -0.141. The third-order valence-electron chi connectivity index (χ3n) is 2.44. The minimum Gasteiger partial charge on any atom is -0.466 e. The van der Waals surface area contributed by atoms with Gasteiger partial charge in [0.1, 0.15) is 0 Å². The van der Waals surface area contributed by atoms with Crippen LogP contribution in [-0.2, 0) is 14.3 Å². The maximum Gasteiger partial charge on any atom is 0.302 e. The first-order chi connectivity index (χ1) is 6.91. The number of ketones is 1. The van der Waals surface area contributed by atoms with E-state index in [1.54, 1.807) is 0 Å². The highest BCUT2D eigenvalue weighted by atomic mass is 16.5. The second-order valence-electron chi connectivity index (χ2n) is 4.70. The highest BCUT2D eigenvalue weighted by molar-refractivity contribution is 5.98. The fourth-order valence-electron chi connectivity index (χ4n) is 1.82. The molecule has 0 aromatic heterocycles. The molecule has 1 aliphatic rings. The van der Waals surface area contributed by atoms with Crippen LogP contribution < -0.4 is 0 Å². The Bertz CT molecular complexity index is 300. The molecule has 1 rings (SSSR count). The van der Waals surface area contributed by atoms with Crippen molar-refractivity contribution < 1.29 is 14.3 Å². The molecule has 0 unspecified atom stereocenters. The quantitative estimate of drug-likeness (QED) is 0.528. The summed E-state index contributed by atoms with van der Waals surface area (Å²) in [5.41, 5.74) is 0.903. The second-order valence-corrected chi connectivity index (χ2v) is 4.70. The zero-order valence-electron chi connectivity index (χ0n) is 9.63. The van der Waals surface area contributed by atoms with Gasteiger partial charge in [-0.3, -0.25) is 9.59 Å². The van der Waals surface area contributed by atoms with Gasteiger partial charge in [0.15, 0.2) is 5.78 Å². The number of ether oxygens (including phenoxy) is 1. The molecule has 0 spiro atoms. The van der Waals surface area contributed by atoms with Crippen molar-refractivity contribution >= 4 is 11.8 Å². The van der Waals surface area contributed by atoms with E-state index in [0.717, 1.165) is 18.4 Å². The van der Waals surface area contributed by atoms with Gasteiger partial charge >= 0.3 is 5.97 Å². The normalized spacial score (nSPS) is 18.9. The van der Waals surface area contributed by atoms with Gasteiger partial charge in [-0.2, -0.15) is 0 Å². The predicted octanol–water partition coefficient (Wildman–Crippen LogP) is 2.26. The van der Waals surface area contributed by atoms with Crippen molar-refractivity contribution in [1.29, 1.82) is 0 Å². The van der Waals surface area contributed by atoms with E-state index >= 15 is 0 Å². The molecule has 0 N–H and O–H groups in total. The van der Waals surface area contributed by atoms with E-state index < -0.39 is 0 Å². The van der Waals surface area contributed by atoms with Gasteiger partial charge in [-0.15, -0.1) is 0 Å². The molecule has 0 radical (unpaired) electrons. The lowest BCUT2D eigenvalue weighted by atomic mass is 9.93. The number of carbonyl (C=O) groups excluding carboxylic acids is 2. The highest BCUT2D eigenvalue weighted by Crippen LogP contribution is 2.34. The summed E-state index contributed by atoms with van der Waals surface area (Å²) < 4.78 is 4.81. The minimum absolute atomic E-state index is 0.00779. The average Bonchev–Trinajstić information content (AvgIpc) is 2.33. The summed E-state index contributed by atoms with van der Waals surface area (Å²) in [7, 11) is 0. The molecule has 0 fully saturated rings. The molecule has 84 valence electrons. The second kappa shape index (κ2) is 4.60. The number of rotatable bonds is 4. The van der Waals surface area contributed by atoms with Crippen LogP contribution in [0.4, 0.5) is 0 Å². The molecule has 0 aliphatic heterocycles. The van der Waals surface area contributed by atoms with Crippen molar-refractivity contribution in [2.45, 2.75) is 40.0 Å².